The van der Waals surface area contributed by atoms with Crippen molar-refractivity contribution in [3.05, 3.63) is 0 Å². The Bertz CT molecular complexity index is 274. The third kappa shape index (κ3) is 2.45. The molecule has 5 heteroatoms. The van der Waals surface area contributed by atoms with Gasteiger partial charge < -0.3 is 5.32 Å². The van der Waals surface area contributed by atoms with Crippen LogP contribution in [0.15, 0.2) is 4.99 Å². The molecule has 0 aromatic heterocycles. The van der Waals surface area contributed by atoms with Gasteiger partial charge in [0.2, 0.25) is 5.91 Å². The van der Waals surface area contributed by atoms with E-state index in [1.54, 1.807) is 0 Å². The molecule has 1 amide bonds. The van der Waals surface area contributed by atoms with Crippen LogP contribution in [0.1, 0.15) is 19.8 Å². The highest BCUT2D eigenvalue weighted by Crippen LogP contribution is 2.27. The van der Waals surface area contributed by atoms with Gasteiger partial charge >= 0.3 is 0 Å². The Morgan fingerprint density at radius 2 is 2.47 bits per heavy atom. The van der Waals surface area contributed by atoms with Crippen LogP contribution in [0.2, 0.25) is 0 Å². The third-order valence-corrected chi connectivity index (χ3v) is 3.93. The van der Waals surface area contributed by atoms with Gasteiger partial charge in [-0.1, -0.05) is 6.92 Å². The number of nitrogens with zero attached hydrogens (tertiary/aromatic N) is 1. The van der Waals surface area contributed by atoms with E-state index in [2.05, 4.69) is 22.5 Å². The SMILES string of the molecule is CCCN=C1NC(=O)C(C2CCSC2)N1. The molecule has 2 atom stereocenters. The summed E-state index contributed by atoms with van der Waals surface area (Å²) in [6.07, 6.45) is 2.14. The molecule has 2 saturated heterocycles. The maximum Gasteiger partial charge on any atom is 0.249 e. The van der Waals surface area contributed by atoms with Gasteiger partial charge in [-0.3, -0.25) is 15.1 Å². The molecule has 0 bridgehead atoms. The lowest BCUT2D eigenvalue weighted by molar-refractivity contribution is -0.121. The molecule has 0 aromatic rings. The maximum atomic E-state index is 11.7. The summed E-state index contributed by atoms with van der Waals surface area (Å²) in [6.45, 7) is 2.85. The van der Waals surface area contributed by atoms with Gasteiger partial charge in [-0.05, 0) is 30.3 Å². The zero-order valence-electron chi connectivity index (χ0n) is 8.95. The Balaban J connectivity index is 1.94. The monoisotopic (exact) mass is 227 g/mol. The van der Waals surface area contributed by atoms with Gasteiger partial charge in [0.1, 0.15) is 6.04 Å². The fraction of sp³-hybridized carbons (Fsp3) is 0.800. The summed E-state index contributed by atoms with van der Waals surface area (Å²) in [7, 11) is 0. The fourth-order valence-corrected chi connectivity index (χ4v) is 3.20. The van der Waals surface area contributed by atoms with Crippen LogP contribution in [0.3, 0.4) is 0 Å². The highest BCUT2D eigenvalue weighted by Gasteiger charge is 2.36. The Labute approximate surface area is 94.3 Å². The predicted molar refractivity (Wildman–Crippen MR) is 63.1 cm³/mol. The van der Waals surface area contributed by atoms with E-state index >= 15 is 0 Å². The fourth-order valence-electron chi connectivity index (χ4n) is 1.90. The summed E-state index contributed by atoms with van der Waals surface area (Å²) >= 11 is 1.93. The molecule has 15 heavy (non-hydrogen) atoms. The van der Waals surface area contributed by atoms with Crippen molar-refractivity contribution in [2.75, 3.05) is 18.1 Å². The molecule has 2 aliphatic rings. The molecule has 0 spiro atoms. The second kappa shape index (κ2) is 4.88. The third-order valence-electron chi connectivity index (χ3n) is 2.75. The van der Waals surface area contributed by atoms with E-state index in [1.807, 2.05) is 11.8 Å². The van der Waals surface area contributed by atoms with Crippen molar-refractivity contribution >= 4 is 23.6 Å². The van der Waals surface area contributed by atoms with Crippen LogP contribution < -0.4 is 10.6 Å². The molecule has 2 rings (SSSR count). The van der Waals surface area contributed by atoms with Crippen molar-refractivity contribution in [1.29, 1.82) is 0 Å². The van der Waals surface area contributed by atoms with Gasteiger partial charge in [-0.25, -0.2) is 0 Å². The second-order valence-electron chi connectivity index (χ2n) is 3.97. The quantitative estimate of drug-likeness (QED) is 0.742. The molecule has 0 aliphatic carbocycles. The number of amides is 1. The zero-order chi connectivity index (χ0) is 10.7. The molecule has 2 unspecified atom stereocenters. The highest BCUT2D eigenvalue weighted by atomic mass is 32.2. The van der Waals surface area contributed by atoms with Gasteiger partial charge in [-0.15, -0.1) is 0 Å². The molecule has 84 valence electrons. The molecule has 2 fully saturated rings. The topological polar surface area (TPSA) is 53.5 Å². The van der Waals surface area contributed by atoms with Gasteiger partial charge in [0.25, 0.3) is 0 Å². The van der Waals surface area contributed by atoms with Gasteiger partial charge in [0.05, 0.1) is 0 Å². The molecule has 0 aromatic carbocycles. The minimum absolute atomic E-state index is 0.0457. The van der Waals surface area contributed by atoms with E-state index in [-0.39, 0.29) is 11.9 Å². The summed E-state index contributed by atoms with van der Waals surface area (Å²) in [5.41, 5.74) is 0. The summed E-state index contributed by atoms with van der Waals surface area (Å²) in [5.74, 6) is 3.51. The van der Waals surface area contributed by atoms with Crippen LogP contribution in [0.5, 0.6) is 0 Å². The van der Waals surface area contributed by atoms with E-state index < -0.39 is 0 Å². The van der Waals surface area contributed by atoms with E-state index in [4.69, 9.17) is 0 Å². The smallest absolute Gasteiger partial charge is 0.249 e. The van der Waals surface area contributed by atoms with Crippen molar-refractivity contribution in [1.82, 2.24) is 10.6 Å². The van der Waals surface area contributed by atoms with Crippen LogP contribution in [-0.2, 0) is 4.79 Å². The highest BCUT2D eigenvalue weighted by molar-refractivity contribution is 7.99. The molecule has 2 aliphatic heterocycles. The summed E-state index contributed by atoms with van der Waals surface area (Å²) in [4.78, 5) is 16.0. The van der Waals surface area contributed by atoms with Gasteiger partial charge in [0.15, 0.2) is 5.96 Å². The first kappa shape index (κ1) is 10.8. The molecule has 4 nitrogen and oxygen atoms in total. The van der Waals surface area contributed by atoms with Crippen molar-refractivity contribution in [2.45, 2.75) is 25.8 Å². The number of carbonyl (C=O) groups is 1. The first-order chi connectivity index (χ1) is 7.31. The Morgan fingerprint density at radius 3 is 3.13 bits per heavy atom. The van der Waals surface area contributed by atoms with E-state index in [0.29, 0.717) is 11.9 Å². The number of carbonyl (C=O) groups excluding carboxylic acids is 1. The normalized spacial score (nSPS) is 33.1. The summed E-state index contributed by atoms with van der Waals surface area (Å²) in [5, 5.41) is 6.00. The average Bonchev–Trinajstić information content (AvgIpc) is 2.83. The Kier molecular flexibility index (Phi) is 3.51. The summed E-state index contributed by atoms with van der Waals surface area (Å²) in [6, 6.07) is -0.0457. The van der Waals surface area contributed by atoms with Crippen LogP contribution in [0, 0.1) is 5.92 Å². The minimum Gasteiger partial charge on any atom is -0.344 e. The number of guanidine groups is 1. The standard InChI is InChI=1S/C10H17N3OS/c1-2-4-11-10-12-8(9(14)13-10)7-3-5-15-6-7/h7-8H,2-6H2,1H3,(H2,11,12,13,14). The molecule has 2 N–H and O–H groups in total. The average molecular weight is 227 g/mol. The van der Waals surface area contributed by atoms with Crippen molar-refractivity contribution < 1.29 is 4.79 Å². The first-order valence-corrected chi connectivity index (χ1v) is 6.66. The molecule has 0 radical (unpaired) electrons. The Morgan fingerprint density at radius 1 is 1.60 bits per heavy atom. The summed E-state index contributed by atoms with van der Waals surface area (Å²) < 4.78 is 0. The van der Waals surface area contributed by atoms with Crippen molar-refractivity contribution in [2.24, 2.45) is 10.9 Å². The van der Waals surface area contributed by atoms with E-state index in [0.717, 1.165) is 25.1 Å². The van der Waals surface area contributed by atoms with Crippen LogP contribution in [-0.4, -0.2) is 36.0 Å². The lowest BCUT2D eigenvalue weighted by Crippen LogP contribution is -2.37. The lowest BCUT2D eigenvalue weighted by atomic mass is 10.00. The number of aliphatic imine (C=N–C) groups is 1. The first-order valence-electron chi connectivity index (χ1n) is 5.51. The molecular weight excluding hydrogens is 210 g/mol. The van der Waals surface area contributed by atoms with Crippen LogP contribution >= 0.6 is 11.8 Å². The van der Waals surface area contributed by atoms with E-state index in [1.165, 1.54) is 5.75 Å². The van der Waals surface area contributed by atoms with Crippen molar-refractivity contribution in [3.8, 4) is 0 Å². The Hall–Kier alpha value is -0.710. The largest absolute Gasteiger partial charge is 0.344 e. The minimum atomic E-state index is -0.0457. The molecule has 0 saturated carbocycles. The van der Waals surface area contributed by atoms with Gasteiger partial charge in [0, 0.05) is 6.54 Å². The molecular formula is C10H17N3OS. The van der Waals surface area contributed by atoms with Crippen LogP contribution in [0.4, 0.5) is 0 Å². The molecule has 2 heterocycles. The second-order valence-corrected chi connectivity index (χ2v) is 5.12. The van der Waals surface area contributed by atoms with E-state index in [9.17, 15) is 4.79 Å². The number of hydrogen-bond donors (Lipinski definition) is 2. The maximum absolute atomic E-state index is 11.7. The number of thioether (sulfide) groups is 1. The lowest BCUT2D eigenvalue weighted by Gasteiger charge is -2.14. The number of rotatable bonds is 3. The number of nitrogens with one attached hydrogen (secondary N) is 2. The number of hydrogen-bond acceptors (Lipinski definition) is 3. The predicted octanol–water partition coefficient (Wildman–Crippen LogP) is 0.593. The van der Waals surface area contributed by atoms with Crippen LogP contribution in [0.25, 0.3) is 0 Å². The van der Waals surface area contributed by atoms with Gasteiger partial charge in [-0.2, -0.15) is 11.8 Å². The zero-order valence-corrected chi connectivity index (χ0v) is 9.77. The van der Waals surface area contributed by atoms with Crippen molar-refractivity contribution in [3.63, 3.8) is 0 Å².